The van der Waals surface area contributed by atoms with Crippen LogP contribution in [-0.4, -0.2) is 34.6 Å². The first-order valence-corrected chi connectivity index (χ1v) is 6.25. The molecule has 0 radical (unpaired) electrons. The standard InChI is InChI=1S/C14H23NO5/c1-9-10(2)15(11(16)18-13(3,4)5)20-12(17)19-14(6,7)8/h1,10H,2-8H3/t10-/m1/s1. The molecule has 0 rings (SSSR count). The maximum Gasteiger partial charge on any atom is 0.534 e. The SMILES string of the molecule is C#C[C@@H](C)N(OC(=O)OC(C)(C)C)C(=O)OC(C)(C)C. The van der Waals surface area contributed by atoms with Crippen LogP contribution in [0.4, 0.5) is 9.59 Å². The number of nitrogens with zero attached hydrogens (tertiary/aromatic N) is 1. The minimum Gasteiger partial charge on any atom is -0.442 e. The van der Waals surface area contributed by atoms with Crippen molar-refractivity contribution in [2.45, 2.75) is 65.7 Å². The second kappa shape index (κ2) is 6.51. The molecular weight excluding hydrogens is 262 g/mol. The summed E-state index contributed by atoms with van der Waals surface area (Å²) >= 11 is 0. The van der Waals surface area contributed by atoms with Gasteiger partial charge in [0.1, 0.15) is 17.2 Å². The molecule has 1 amide bonds. The van der Waals surface area contributed by atoms with Crippen molar-refractivity contribution in [2.24, 2.45) is 0 Å². The topological polar surface area (TPSA) is 65.1 Å². The second-order valence-electron chi connectivity index (χ2n) is 6.20. The smallest absolute Gasteiger partial charge is 0.442 e. The third kappa shape index (κ3) is 7.52. The third-order valence-electron chi connectivity index (χ3n) is 1.73. The van der Waals surface area contributed by atoms with Crippen molar-refractivity contribution in [2.75, 3.05) is 0 Å². The second-order valence-corrected chi connectivity index (χ2v) is 6.20. The van der Waals surface area contributed by atoms with E-state index in [0.29, 0.717) is 5.06 Å². The molecule has 0 bridgehead atoms. The first-order chi connectivity index (χ1) is 8.85. The zero-order chi connectivity index (χ0) is 16.1. The van der Waals surface area contributed by atoms with Crippen LogP contribution in [0.15, 0.2) is 0 Å². The molecule has 0 saturated carbocycles. The number of carbonyl (C=O) groups excluding carboxylic acids is 2. The van der Waals surface area contributed by atoms with Gasteiger partial charge < -0.3 is 9.47 Å². The lowest BCUT2D eigenvalue weighted by Gasteiger charge is -2.28. The zero-order valence-corrected chi connectivity index (χ0v) is 13.1. The predicted octanol–water partition coefficient (Wildman–Crippen LogP) is 3.11. The summed E-state index contributed by atoms with van der Waals surface area (Å²) < 4.78 is 10.1. The Labute approximate surface area is 120 Å². The lowest BCUT2D eigenvalue weighted by Crippen LogP contribution is -2.43. The minimum atomic E-state index is -1.02. The van der Waals surface area contributed by atoms with Crippen LogP contribution in [0.5, 0.6) is 0 Å². The number of hydrogen-bond acceptors (Lipinski definition) is 5. The summed E-state index contributed by atoms with van der Waals surface area (Å²) in [5.41, 5.74) is -1.48. The summed E-state index contributed by atoms with van der Waals surface area (Å²) in [6.07, 6.45) is 3.37. The molecule has 0 aromatic heterocycles. The lowest BCUT2D eigenvalue weighted by molar-refractivity contribution is -0.144. The van der Waals surface area contributed by atoms with Crippen molar-refractivity contribution in [3.8, 4) is 12.3 Å². The van der Waals surface area contributed by atoms with E-state index in [2.05, 4.69) is 5.92 Å². The predicted molar refractivity (Wildman–Crippen MR) is 73.7 cm³/mol. The number of carbonyl (C=O) groups is 2. The number of amides is 1. The largest absolute Gasteiger partial charge is 0.534 e. The van der Waals surface area contributed by atoms with Crippen LogP contribution < -0.4 is 0 Å². The average molecular weight is 285 g/mol. The van der Waals surface area contributed by atoms with E-state index in [1.54, 1.807) is 41.5 Å². The van der Waals surface area contributed by atoms with Gasteiger partial charge >= 0.3 is 12.2 Å². The van der Waals surface area contributed by atoms with Crippen molar-refractivity contribution in [3.05, 3.63) is 0 Å². The Balaban J connectivity index is 4.88. The Morgan fingerprint density at radius 2 is 1.50 bits per heavy atom. The first kappa shape index (κ1) is 18.1. The van der Waals surface area contributed by atoms with Crippen LogP contribution in [0.25, 0.3) is 0 Å². The van der Waals surface area contributed by atoms with Gasteiger partial charge in [-0.1, -0.05) is 5.92 Å². The van der Waals surface area contributed by atoms with Crippen molar-refractivity contribution in [1.29, 1.82) is 0 Å². The maximum absolute atomic E-state index is 11.9. The molecule has 6 heteroatoms. The summed E-state index contributed by atoms with van der Waals surface area (Å²) in [5, 5.41) is 0.680. The number of rotatable bonds is 1. The van der Waals surface area contributed by atoms with Crippen molar-refractivity contribution in [3.63, 3.8) is 0 Å². The minimum absolute atomic E-state index is 0.680. The van der Waals surface area contributed by atoms with E-state index >= 15 is 0 Å². The fraction of sp³-hybridized carbons (Fsp3) is 0.714. The molecule has 0 aliphatic carbocycles. The van der Waals surface area contributed by atoms with Crippen LogP contribution in [0, 0.1) is 12.3 Å². The van der Waals surface area contributed by atoms with E-state index in [4.69, 9.17) is 20.7 Å². The van der Waals surface area contributed by atoms with E-state index in [0.717, 1.165) is 0 Å². The van der Waals surface area contributed by atoms with Crippen molar-refractivity contribution >= 4 is 12.2 Å². The monoisotopic (exact) mass is 285 g/mol. The van der Waals surface area contributed by atoms with Crippen LogP contribution in [-0.2, 0) is 14.3 Å². The molecule has 0 fully saturated rings. The van der Waals surface area contributed by atoms with Crippen LogP contribution in [0.1, 0.15) is 48.5 Å². The highest BCUT2D eigenvalue weighted by atomic mass is 16.8. The molecule has 114 valence electrons. The normalized spacial score (nSPS) is 12.9. The molecule has 0 heterocycles. The maximum atomic E-state index is 11.9. The van der Waals surface area contributed by atoms with Gasteiger partial charge in [-0.2, -0.15) is 0 Å². The summed E-state index contributed by atoms with van der Waals surface area (Å²) in [7, 11) is 0. The third-order valence-corrected chi connectivity index (χ3v) is 1.73. The van der Waals surface area contributed by atoms with Gasteiger partial charge in [-0.25, -0.2) is 9.59 Å². The molecule has 1 atom stereocenters. The molecular formula is C14H23NO5. The molecule has 0 saturated heterocycles. The van der Waals surface area contributed by atoms with Crippen LogP contribution in [0.2, 0.25) is 0 Å². The summed E-state index contributed by atoms with van der Waals surface area (Å²) in [4.78, 5) is 28.4. The van der Waals surface area contributed by atoms with E-state index < -0.39 is 29.5 Å². The Morgan fingerprint density at radius 3 is 1.85 bits per heavy atom. The van der Waals surface area contributed by atoms with E-state index in [-0.39, 0.29) is 0 Å². The molecule has 0 spiro atoms. The van der Waals surface area contributed by atoms with Crippen LogP contribution >= 0.6 is 0 Å². The van der Waals surface area contributed by atoms with Crippen LogP contribution in [0.3, 0.4) is 0 Å². The highest BCUT2D eigenvalue weighted by molar-refractivity contribution is 5.70. The van der Waals surface area contributed by atoms with Gasteiger partial charge in [0.25, 0.3) is 0 Å². The summed E-state index contributed by atoms with van der Waals surface area (Å²) in [6.45, 7) is 11.6. The number of hydroxylamine groups is 2. The number of ether oxygens (including phenoxy) is 2. The van der Waals surface area contributed by atoms with Gasteiger partial charge in [0.15, 0.2) is 0 Å². The van der Waals surface area contributed by atoms with Gasteiger partial charge in [0, 0.05) is 0 Å². The van der Waals surface area contributed by atoms with Gasteiger partial charge in [0.05, 0.1) is 0 Å². The number of terminal acetylenes is 1. The Hall–Kier alpha value is -1.90. The summed E-state index contributed by atoms with van der Waals surface area (Å²) in [5.74, 6) is 2.29. The molecule has 0 aromatic carbocycles. The molecule has 0 aliphatic rings. The Morgan fingerprint density at radius 1 is 1.05 bits per heavy atom. The van der Waals surface area contributed by atoms with Gasteiger partial charge in [-0.15, -0.1) is 11.5 Å². The molecule has 6 nitrogen and oxygen atoms in total. The van der Waals surface area contributed by atoms with Gasteiger partial charge in [0.2, 0.25) is 0 Å². The Kier molecular flexibility index (Phi) is 5.89. The Bertz CT molecular complexity index is 397. The molecule has 0 N–H and O–H groups in total. The first-order valence-electron chi connectivity index (χ1n) is 6.25. The molecule has 0 aliphatic heterocycles. The average Bonchev–Trinajstić information content (AvgIpc) is 2.19. The molecule has 20 heavy (non-hydrogen) atoms. The zero-order valence-electron chi connectivity index (χ0n) is 13.1. The van der Waals surface area contributed by atoms with Crippen molar-refractivity contribution < 1.29 is 23.9 Å². The summed E-state index contributed by atoms with van der Waals surface area (Å²) in [6, 6.07) is -0.780. The fourth-order valence-electron chi connectivity index (χ4n) is 0.998. The highest BCUT2D eigenvalue weighted by Gasteiger charge is 2.30. The molecule has 0 unspecified atom stereocenters. The van der Waals surface area contributed by atoms with Crippen molar-refractivity contribution in [1.82, 2.24) is 5.06 Å². The molecule has 0 aromatic rings. The number of hydrogen-bond donors (Lipinski definition) is 0. The van der Waals surface area contributed by atoms with E-state index in [1.165, 1.54) is 6.92 Å². The van der Waals surface area contributed by atoms with Gasteiger partial charge in [-0.05, 0) is 48.5 Å². The van der Waals surface area contributed by atoms with Gasteiger partial charge in [-0.3, -0.25) is 4.84 Å². The lowest BCUT2D eigenvalue weighted by atomic mass is 10.2. The highest BCUT2D eigenvalue weighted by Crippen LogP contribution is 2.14. The van der Waals surface area contributed by atoms with E-state index in [9.17, 15) is 9.59 Å². The van der Waals surface area contributed by atoms with E-state index in [1.807, 2.05) is 0 Å². The fourth-order valence-corrected chi connectivity index (χ4v) is 0.998. The quantitative estimate of drug-likeness (QED) is 0.421.